The molecule has 0 radical (unpaired) electrons. The number of nitrogens with two attached hydrogens (primary N) is 1. The number of carbonyl (C=O) groups excluding carboxylic acids is 3. The Hall–Kier alpha value is -3.19. The van der Waals surface area contributed by atoms with Crippen LogP contribution in [-0.2, 0) is 28.8 Å². The van der Waals surface area contributed by atoms with Crippen LogP contribution in [0.5, 0.6) is 0 Å². The van der Waals surface area contributed by atoms with Gasteiger partial charge in [0.05, 0.1) is 0 Å². The number of β-lactam (4-membered cyclic amide) rings is 1. The smallest absolute Gasteiger partial charge is 0.352 e. The van der Waals surface area contributed by atoms with E-state index in [1.807, 2.05) is 0 Å². The van der Waals surface area contributed by atoms with E-state index < -0.39 is 40.8 Å². The summed E-state index contributed by atoms with van der Waals surface area (Å²) in [6, 6.07) is -1.04. The van der Waals surface area contributed by atoms with Crippen LogP contribution in [0.25, 0.3) is 0 Å². The standard InChI is InChI=1S/C23H24ClN7O7S4/c1-23(2,3)38-11(32)5-4-6-37-30-13(12-16(24)42-21(25)28-12)17(33)27-14-18(34)31-15(20(35)36)10(7-39-19(14)31)8-40-22-29-26-9-41-22/h4-5,9,14,19H,6-8H2,1-3H3,(H2,25,28)(H,27,33)(H,35,36)/t14?,19-/m0/s1. The van der Waals surface area contributed by atoms with Crippen molar-refractivity contribution in [1.82, 2.24) is 25.4 Å². The van der Waals surface area contributed by atoms with Crippen LogP contribution in [0.3, 0.4) is 0 Å². The van der Waals surface area contributed by atoms with Crippen molar-refractivity contribution in [3.8, 4) is 0 Å². The first-order chi connectivity index (χ1) is 19.9. The van der Waals surface area contributed by atoms with Crippen LogP contribution in [0.1, 0.15) is 26.5 Å². The molecule has 4 N–H and O–H groups in total. The van der Waals surface area contributed by atoms with Crippen LogP contribution in [0, 0.1) is 0 Å². The predicted octanol–water partition coefficient (Wildman–Crippen LogP) is 2.38. The molecule has 1 unspecified atom stereocenters. The zero-order chi connectivity index (χ0) is 30.6. The SMILES string of the molecule is CC(C)(C)OC(=O)C=CCON=C(C(=O)NC1C(=O)N2C(C(=O)O)=C(CSc3nncs3)CS[C@@H]12)c1nc(N)sc1Cl. The summed E-state index contributed by atoms with van der Waals surface area (Å²) in [5.74, 6) is -2.62. The van der Waals surface area contributed by atoms with Crippen molar-refractivity contribution in [1.29, 1.82) is 0 Å². The molecule has 0 bridgehead atoms. The Morgan fingerprint density at radius 1 is 1.38 bits per heavy atom. The van der Waals surface area contributed by atoms with E-state index in [2.05, 4.69) is 25.7 Å². The minimum atomic E-state index is -1.24. The van der Waals surface area contributed by atoms with E-state index in [0.717, 1.165) is 17.4 Å². The van der Waals surface area contributed by atoms with E-state index in [0.29, 0.717) is 21.4 Å². The molecule has 2 aromatic rings. The summed E-state index contributed by atoms with van der Waals surface area (Å²) in [6.45, 7) is 4.98. The largest absolute Gasteiger partial charge is 0.477 e. The van der Waals surface area contributed by atoms with E-state index >= 15 is 0 Å². The van der Waals surface area contributed by atoms with Gasteiger partial charge in [-0.05, 0) is 32.4 Å². The van der Waals surface area contributed by atoms with Crippen molar-refractivity contribution in [3.05, 3.63) is 39.0 Å². The highest BCUT2D eigenvalue weighted by atomic mass is 35.5. The highest BCUT2D eigenvalue weighted by molar-refractivity contribution is 8.01. The number of hydrogen-bond donors (Lipinski definition) is 3. The molecule has 2 amide bonds. The highest BCUT2D eigenvalue weighted by Gasteiger charge is 2.54. The third-order valence-corrected chi connectivity index (χ3v) is 9.65. The fraction of sp³-hybridized carbons (Fsp3) is 0.391. The molecule has 2 aliphatic heterocycles. The number of nitrogens with one attached hydrogen (secondary N) is 1. The summed E-state index contributed by atoms with van der Waals surface area (Å²) < 4.78 is 5.90. The van der Waals surface area contributed by atoms with Gasteiger partial charge in [0, 0.05) is 17.6 Å². The maximum absolute atomic E-state index is 13.3. The van der Waals surface area contributed by atoms with Crippen LogP contribution in [0.15, 0.2) is 38.4 Å². The van der Waals surface area contributed by atoms with Crippen LogP contribution in [-0.4, -0.2) is 89.8 Å². The Morgan fingerprint density at radius 2 is 2.14 bits per heavy atom. The van der Waals surface area contributed by atoms with Crippen molar-refractivity contribution in [2.24, 2.45) is 5.16 Å². The van der Waals surface area contributed by atoms with Crippen LogP contribution >= 0.6 is 57.8 Å². The van der Waals surface area contributed by atoms with Crippen LogP contribution < -0.4 is 11.1 Å². The number of carboxylic acids is 1. The maximum Gasteiger partial charge on any atom is 0.352 e. The van der Waals surface area contributed by atoms with E-state index in [1.54, 1.807) is 26.3 Å². The molecule has 2 aromatic heterocycles. The number of oxime groups is 1. The van der Waals surface area contributed by atoms with Gasteiger partial charge in [-0.3, -0.25) is 14.5 Å². The lowest BCUT2D eigenvalue weighted by molar-refractivity contribution is -0.150. The van der Waals surface area contributed by atoms with Crippen LogP contribution in [0.4, 0.5) is 5.13 Å². The van der Waals surface area contributed by atoms with Gasteiger partial charge in [-0.15, -0.1) is 22.0 Å². The molecule has 2 aliphatic rings. The summed E-state index contributed by atoms with van der Waals surface area (Å²) in [5.41, 5.74) is 6.67. The topological polar surface area (TPSA) is 199 Å². The van der Waals surface area contributed by atoms with Gasteiger partial charge in [-0.25, -0.2) is 14.6 Å². The number of anilines is 1. The quantitative estimate of drug-likeness (QED) is 0.0598. The Bertz CT molecular complexity index is 1470. The molecule has 2 atom stereocenters. The second kappa shape index (κ2) is 13.4. The molecule has 1 fully saturated rings. The number of thioether (sulfide) groups is 2. The fourth-order valence-electron chi connectivity index (χ4n) is 3.66. The molecule has 4 rings (SSSR count). The first kappa shape index (κ1) is 31.7. The number of ether oxygens (including phenoxy) is 1. The monoisotopic (exact) mass is 673 g/mol. The molecule has 14 nitrogen and oxygen atoms in total. The van der Waals surface area contributed by atoms with Gasteiger partial charge < -0.3 is 25.7 Å². The lowest BCUT2D eigenvalue weighted by Gasteiger charge is -2.49. The molecule has 0 aliphatic carbocycles. The first-order valence-electron chi connectivity index (χ1n) is 12.0. The Morgan fingerprint density at radius 3 is 2.76 bits per heavy atom. The van der Waals surface area contributed by atoms with Crippen molar-refractivity contribution < 1.29 is 33.9 Å². The molecule has 0 spiro atoms. The van der Waals surface area contributed by atoms with Gasteiger partial charge in [0.25, 0.3) is 11.8 Å². The number of hydrogen-bond acceptors (Lipinski definition) is 15. The number of halogens is 1. The third kappa shape index (κ3) is 7.60. The molecular weight excluding hydrogens is 650 g/mol. The second-order valence-electron chi connectivity index (χ2n) is 9.46. The fourth-order valence-corrected chi connectivity index (χ4v) is 7.56. The summed E-state index contributed by atoms with van der Waals surface area (Å²) in [4.78, 5) is 60.8. The normalized spacial score (nSPS) is 19.0. The van der Waals surface area contributed by atoms with E-state index in [9.17, 15) is 24.3 Å². The number of carbonyl (C=O) groups is 4. The van der Waals surface area contributed by atoms with E-state index in [-0.39, 0.29) is 33.2 Å². The van der Waals surface area contributed by atoms with Gasteiger partial charge in [0.15, 0.2) is 15.2 Å². The average Bonchev–Trinajstić information content (AvgIpc) is 3.55. The van der Waals surface area contributed by atoms with Gasteiger partial charge in [-0.2, -0.15) is 0 Å². The molecule has 0 aromatic carbocycles. The number of aromatic nitrogens is 3. The summed E-state index contributed by atoms with van der Waals surface area (Å²) >= 11 is 11.1. The minimum Gasteiger partial charge on any atom is -0.477 e. The molecule has 4 heterocycles. The zero-order valence-corrected chi connectivity index (χ0v) is 26.3. The van der Waals surface area contributed by atoms with Gasteiger partial charge >= 0.3 is 11.9 Å². The Balaban J connectivity index is 1.46. The number of aliphatic carboxylic acids is 1. The molecular formula is C23H24ClN7O7S4. The van der Waals surface area contributed by atoms with Gasteiger partial charge in [-0.1, -0.05) is 51.2 Å². The van der Waals surface area contributed by atoms with Crippen molar-refractivity contribution >= 4 is 92.4 Å². The van der Waals surface area contributed by atoms with Crippen LogP contribution in [0.2, 0.25) is 4.34 Å². The number of rotatable bonds is 11. The highest BCUT2D eigenvalue weighted by Crippen LogP contribution is 2.41. The summed E-state index contributed by atoms with van der Waals surface area (Å²) in [5, 5.41) is 23.4. The molecule has 1 saturated heterocycles. The van der Waals surface area contributed by atoms with Gasteiger partial charge in [0.2, 0.25) is 0 Å². The lowest BCUT2D eigenvalue weighted by Crippen LogP contribution is -2.71. The number of nitrogens with zero attached hydrogens (tertiary/aromatic N) is 5. The average molecular weight is 674 g/mol. The van der Waals surface area contributed by atoms with Crippen molar-refractivity contribution in [2.75, 3.05) is 23.8 Å². The van der Waals surface area contributed by atoms with E-state index in [4.69, 9.17) is 26.9 Å². The van der Waals surface area contributed by atoms with E-state index in [1.165, 1.54) is 45.8 Å². The number of amides is 2. The minimum absolute atomic E-state index is 0.0603. The number of thiazole rings is 1. The zero-order valence-electron chi connectivity index (χ0n) is 22.2. The Kier molecular flexibility index (Phi) is 10.1. The molecule has 42 heavy (non-hydrogen) atoms. The van der Waals surface area contributed by atoms with Gasteiger partial charge in [0.1, 0.15) is 44.9 Å². The summed E-state index contributed by atoms with van der Waals surface area (Å²) in [7, 11) is 0. The molecule has 19 heteroatoms. The lowest BCUT2D eigenvalue weighted by atomic mass is 10.0. The maximum atomic E-state index is 13.3. The third-order valence-electron chi connectivity index (χ3n) is 5.28. The predicted molar refractivity (Wildman–Crippen MR) is 159 cm³/mol. The molecule has 224 valence electrons. The van der Waals surface area contributed by atoms with Crippen molar-refractivity contribution in [3.63, 3.8) is 0 Å². The summed E-state index contributed by atoms with van der Waals surface area (Å²) in [6.07, 6.45) is 2.50. The Labute approximate surface area is 260 Å². The number of esters is 1. The number of fused-ring (bicyclic) bond motifs is 1. The number of nitrogen functional groups attached to an aromatic ring is 1. The van der Waals surface area contributed by atoms with Crippen molar-refractivity contribution in [2.45, 2.75) is 42.1 Å². The first-order valence-corrected chi connectivity index (χ1v) is 16.1. The second-order valence-corrected chi connectivity index (χ2v) is 14.3. The molecule has 0 saturated carbocycles. The number of carboxylic acid groups (broad SMARTS) is 1.